The molecule has 0 saturated carbocycles. The maximum absolute atomic E-state index is 12.6. The molecule has 0 rings (SSSR count). The van der Waals surface area contributed by atoms with E-state index in [-0.39, 0.29) is 25.2 Å². The Hall–Kier alpha value is -2.40. The van der Waals surface area contributed by atoms with Crippen LogP contribution in [-0.2, 0) is 23.8 Å². The second kappa shape index (κ2) is 41.0. The van der Waals surface area contributed by atoms with E-state index in [1.165, 1.54) is 83.5 Å². The fourth-order valence-electron chi connectivity index (χ4n) is 5.48. The van der Waals surface area contributed by atoms with Crippen LogP contribution in [0.4, 0.5) is 0 Å². The molecule has 0 fully saturated rings. The Kier molecular flexibility index (Phi) is 39.1. The summed E-state index contributed by atoms with van der Waals surface area (Å²) in [5.41, 5.74) is 0. The zero-order valence-corrected chi connectivity index (χ0v) is 32.9. The molecule has 5 heteroatoms. The van der Waals surface area contributed by atoms with Gasteiger partial charge in [0.2, 0.25) is 0 Å². The van der Waals surface area contributed by atoms with Gasteiger partial charge in [0.15, 0.2) is 6.10 Å². The lowest BCUT2D eigenvalue weighted by Gasteiger charge is -2.18. The van der Waals surface area contributed by atoms with Gasteiger partial charge in [0, 0.05) is 19.4 Å². The van der Waals surface area contributed by atoms with E-state index in [1.54, 1.807) is 0 Å². The maximum Gasteiger partial charge on any atom is 0.306 e. The molecule has 288 valence electrons. The van der Waals surface area contributed by atoms with Crippen LogP contribution in [0.1, 0.15) is 188 Å². The number of esters is 2. The summed E-state index contributed by atoms with van der Waals surface area (Å²) in [5.74, 6) is -0.469. The molecular weight excluding hydrogens is 620 g/mol. The topological polar surface area (TPSA) is 61.8 Å². The average molecular weight is 699 g/mol. The molecule has 50 heavy (non-hydrogen) atoms. The highest BCUT2D eigenvalue weighted by molar-refractivity contribution is 5.70. The molecule has 1 unspecified atom stereocenters. The number of carbonyl (C=O) groups is 2. The summed E-state index contributed by atoms with van der Waals surface area (Å²) in [6.45, 7) is 7.60. The van der Waals surface area contributed by atoms with Gasteiger partial charge in [-0.2, -0.15) is 0 Å². The van der Waals surface area contributed by atoms with E-state index in [2.05, 4.69) is 81.5 Å². The zero-order chi connectivity index (χ0) is 36.4. The van der Waals surface area contributed by atoms with E-state index >= 15 is 0 Å². The monoisotopic (exact) mass is 699 g/mol. The fraction of sp³-hybridized carbons (Fsp3) is 0.733. The highest BCUT2D eigenvalue weighted by atomic mass is 16.6. The molecule has 0 amide bonds. The number of hydrogen-bond donors (Lipinski definition) is 0. The summed E-state index contributed by atoms with van der Waals surface area (Å²) in [6.07, 6.45) is 49.4. The van der Waals surface area contributed by atoms with E-state index in [1.807, 2.05) is 0 Å². The van der Waals surface area contributed by atoms with Crippen molar-refractivity contribution < 1.29 is 23.8 Å². The van der Waals surface area contributed by atoms with Gasteiger partial charge in [0.25, 0.3) is 0 Å². The molecule has 0 saturated heterocycles. The zero-order valence-electron chi connectivity index (χ0n) is 32.9. The number of allylic oxidation sites excluding steroid dienone is 10. The van der Waals surface area contributed by atoms with Crippen molar-refractivity contribution in [3.05, 3.63) is 60.8 Å². The van der Waals surface area contributed by atoms with Crippen molar-refractivity contribution in [3.63, 3.8) is 0 Å². The predicted molar refractivity (Wildman–Crippen MR) is 214 cm³/mol. The summed E-state index contributed by atoms with van der Waals surface area (Å²) >= 11 is 0. The minimum Gasteiger partial charge on any atom is -0.462 e. The first kappa shape index (κ1) is 47.6. The molecule has 0 bridgehead atoms. The van der Waals surface area contributed by atoms with Crippen LogP contribution in [0, 0.1) is 0 Å². The van der Waals surface area contributed by atoms with Crippen LogP contribution in [0.25, 0.3) is 0 Å². The number of hydrogen-bond acceptors (Lipinski definition) is 5. The Morgan fingerprint density at radius 2 is 0.900 bits per heavy atom. The SMILES string of the molecule is CC/C=C\C/C=C\C/C=C\C/C=C\C/C=C\CCCC(=O)OCC(COCCCCCCCC)OC(=O)CCCCCCCCCCCCC. The van der Waals surface area contributed by atoms with Crippen LogP contribution in [0.15, 0.2) is 60.8 Å². The molecular formula is C45H78O5. The number of unbranched alkanes of at least 4 members (excludes halogenated alkanes) is 16. The summed E-state index contributed by atoms with van der Waals surface area (Å²) in [4.78, 5) is 25.0. The van der Waals surface area contributed by atoms with Gasteiger partial charge in [0.1, 0.15) is 6.61 Å². The fourth-order valence-corrected chi connectivity index (χ4v) is 5.48. The molecule has 0 N–H and O–H groups in total. The van der Waals surface area contributed by atoms with Crippen molar-refractivity contribution in [2.24, 2.45) is 0 Å². The summed E-state index contributed by atoms with van der Waals surface area (Å²) in [6, 6.07) is 0. The number of ether oxygens (including phenoxy) is 3. The lowest BCUT2D eigenvalue weighted by molar-refractivity contribution is -0.163. The van der Waals surface area contributed by atoms with E-state index < -0.39 is 6.10 Å². The van der Waals surface area contributed by atoms with Crippen LogP contribution in [0.5, 0.6) is 0 Å². The summed E-state index contributed by atoms with van der Waals surface area (Å²) in [5, 5.41) is 0. The van der Waals surface area contributed by atoms with Crippen LogP contribution >= 0.6 is 0 Å². The molecule has 0 heterocycles. The first-order valence-electron chi connectivity index (χ1n) is 20.8. The predicted octanol–water partition coefficient (Wildman–Crippen LogP) is 13.4. The van der Waals surface area contributed by atoms with Crippen molar-refractivity contribution in [2.45, 2.75) is 194 Å². The van der Waals surface area contributed by atoms with Gasteiger partial charge in [-0.25, -0.2) is 0 Å². The largest absolute Gasteiger partial charge is 0.462 e. The van der Waals surface area contributed by atoms with E-state index in [4.69, 9.17) is 14.2 Å². The average Bonchev–Trinajstić information content (AvgIpc) is 3.11. The van der Waals surface area contributed by atoms with Crippen molar-refractivity contribution in [1.82, 2.24) is 0 Å². The summed E-state index contributed by atoms with van der Waals surface area (Å²) < 4.78 is 17.1. The first-order valence-corrected chi connectivity index (χ1v) is 20.8. The third kappa shape index (κ3) is 38.4. The standard InChI is InChI=1S/C45H78O5/c1-4-7-10-13-16-18-20-21-22-23-24-25-27-28-30-32-35-38-44(46)49-42-43(41-48-40-37-34-15-12-9-6-3)50-45(47)39-36-33-31-29-26-19-17-14-11-8-5-2/h7,10,16,18,21-22,24-25,28,30,43H,4-6,8-9,11-15,17,19-20,23,26-27,29,31-42H2,1-3H3/b10-7-,18-16-,22-21-,25-24-,30-28-. The molecule has 5 nitrogen and oxygen atoms in total. The van der Waals surface area contributed by atoms with Gasteiger partial charge in [0.05, 0.1) is 6.61 Å². The van der Waals surface area contributed by atoms with Gasteiger partial charge in [-0.3, -0.25) is 9.59 Å². The number of carbonyl (C=O) groups excluding carboxylic acids is 2. The highest BCUT2D eigenvalue weighted by Crippen LogP contribution is 2.13. The van der Waals surface area contributed by atoms with E-state index in [0.29, 0.717) is 19.4 Å². The van der Waals surface area contributed by atoms with E-state index in [9.17, 15) is 9.59 Å². The van der Waals surface area contributed by atoms with Crippen molar-refractivity contribution in [2.75, 3.05) is 19.8 Å². The third-order valence-corrected chi connectivity index (χ3v) is 8.57. The minimum atomic E-state index is -0.551. The maximum atomic E-state index is 12.6. The quantitative estimate of drug-likeness (QED) is 0.0367. The molecule has 0 aliphatic heterocycles. The van der Waals surface area contributed by atoms with Gasteiger partial charge in [-0.1, -0.05) is 178 Å². The minimum absolute atomic E-state index is 0.0565. The van der Waals surface area contributed by atoms with Crippen molar-refractivity contribution in [3.8, 4) is 0 Å². The second-order valence-electron chi connectivity index (χ2n) is 13.5. The molecule has 0 aliphatic rings. The molecule has 0 aromatic rings. The molecule has 0 radical (unpaired) electrons. The Morgan fingerprint density at radius 1 is 0.460 bits per heavy atom. The van der Waals surface area contributed by atoms with E-state index in [0.717, 1.165) is 70.6 Å². The second-order valence-corrected chi connectivity index (χ2v) is 13.5. The van der Waals surface area contributed by atoms with Crippen LogP contribution in [-0.4, -0.2) is 37.9 Å². The van der Waals surface area contributed by atoms with Gasteiger partial charge < -0.3 is 14.2 Å². The Balaban J connectivity index is 4.24. The van der Waals surface area contributed by atoms with Crippen LogP contribution in [0.3, 0.4) is 0 Å². The Bertz CT molecular complexity index is 884. The first-order chi connectivity index (χ1) is 24.6. The van der Waals surface area contributed by atoms with Gasteiger partial charge in [-0.05, 0) is 57.8 Å². The van der Waals surface area contributed by atoms with Gasteiger partial charge in [-0.15, -0.1) is 0 Å². The Labute approximate surface area is 309 Å². The van der Waals surface area contributed by atoms with Crippen molar-refractivity contribution in [1.29, 1.82) is 0 Å². The van der Waals surface area contributed by atoms with Crippen LogP contribution in [0.2, 0.25) is 0 Å². The molecule has 0 aliphatic carbocycles. The normalized spacial score (nSPS) is 12.8. The third-order valence-electron chi connectivity index (χ3n) is 8.57. The lowest BCUT2D eigenvalue weighted by atomic mass is 10.1. The van der Waals surface area contributed by atoms with Crippen LogP contribution < -0.4 is 0 Å². The van der Waals surface area contributed by atoms with Crippen molar-refractivity contribution >= 4 is 11.9 Å². The lowest BCUT2D eigenvalue weighted by Crippen LogP contribution is -2.30. The number of rotatable bonds is 37. The van der Waals surface area contributed by atoms with Gasteiger partial charge >= 0.3 is 11.9 Å². The molecule has 0 aromatic carbocycles. The summed E-state index contributed by atoms with van der Waals surface area (Å²) in [7, 11) is 0. The Morgan fingerprint density at radius 3 is 1.42 bits per heavy atom. The smallest absolute Gasteiger partial charge is 0.306 e. The molecule has 0 spiro atoms. The molecule has 1 atom stereocenters. The highest BCUT2D eigenvalue weighted by Gasteiger charge is 2.17. The molecule has 0 aromatic heterocycles.